The van der Waals surface area contributed by atoms with Crippen molar-refractivity contribution in [2.75, 3.05) is 0 Å². The number of hydrogen-bond acceptors (Lipinski definition) is 4. The Kier molecular flexibility index (Phi) is 4.47. The Balaban J connectivity index is 1.82. The molecule has 0 spiro atoms. The zero-order chi connectivity index (χ0) is 13.8. The van der Waals surface area contributed by atoms with Gasteiger partial charge in [0.2, 0.25) is 0 Å². The number of thiophene rings is 1. The molecule has 0 fully saturated rings. The van der Waals surface area contributed by atoms with Gasteiger partial charge in [0.05, 0.1) is 17.2 Å². The van der Waals surface area contributed by atoms with Crippen LogP contribution in [0.5, 0.6) is 0 Å². The maximum atomic E-state index is 5.97. The van der Waals surface area contributed by atoms with Crippen molar-refractivity contribution in [2.24, 2.45) is 0 Å². The second-order valence-electron chi connectivity index (χ2n) is 4.40. The van der Waals surface area contributed by atoms with Crippen LogP contribution >= 0.6 is 34.3 Å². The van der Waals surface area contributed by atoms with E-state index in [1.807, 2.05) is 17.6 Å². The summed E-state index contributed by atoms with van der Waals surface area (Å²) in [5.74, 6) is 0. The standard InChI is InChI=1S/C15H13ClN2S2/c16-13-3-1-11(2-4-13)15(12-5-6-19-8-12)17-7-14-9-20-10-18-14/h1-6,8-10,15,17H,7H2. The van der Waals surface area contributed by atoms with E-state index in [1.165, 1.54) is 11.1 Å². The van der Waals surface area contributed by atoms with Gasteiger partial charge in [0.1, 0.15) is 0 Å². The molecule has 2 heterocycles. The first-order valence-corrected chi connectivity index (χ1v) is 8.47. The molecule has 0 aliphatic carbocycles. The minimum absolute atomic E-state index is 0.167. The molecule has 3 aromatic rings. The third-order valence-electron chi connectivity index (χ3n) is 3.05. The molecule has 0 amide bonds. The summed E-state index contributed by atoms with van der Waals surface area (Å²) >= 11 is 9.30. The van der Waals surface area contributed by atoms with Crippen molar-refractivity contribution in [2.45, 2.75) is 12.6 Å². The minimum atomic E-state index is 0.167. The summed E-state index contributed by atoms with van der Waals surface area (Å²) in [6.07, 6.45) is 0. The maximum absolute atomic E-state index is 5.97. The van der Waals surface area contributed by atoms with Crippen LogP contribution in [0.4, 0.5) is 0 Å². The van der Waals surface area contributed by atoms with Crippen molar-refractivity contribution in [1.82, 2.24) is 10.3 Å². The average molecular weight is 321 g/mol. The number of benzene rings is 1. The lowest BCUT2D eigenvalue weighted by Gasteiger charge is -2.18. The smallest absolute Gasteiger partial charge is 0.0795 e. The van der Waals surface area contributed by atoms with Crippen LogP contribution in [0.25, 0.3) is 0 Å². The first-order chi connectivity index (χ1) is 9.83. The van der Waals surface area contributed by atoms with Crippen LogP contribution in [-0.2, 0) is 6.54 Å². The summed E-state index contributed by atoms with van der Waals surface area (Å²) < 4.78 is 0. The van der Waals surface area contributed by atoms with E-state index in [1.54, 1.807) is 22.7 Å². The number of aromatic nitrogens is 1. The van der Waals surface area contributed by atoms with Gasteiger partial charge in [0.15, 0.2) is 0 Å². The van der Waals surface area contributed by atoms with Gasteiger partial charge < -0.3 is 5.32 Å². The molecule has 0 radical (unpaired) electrons. The van der Waals surface area contributed by atoms with Crippen molar-refractivity contribution in [3.8, 4) is 0 Å². The lowest BCUT2D eigenvalue weighted by atomic mass is 10.0. The molecule has 20 heavy (non-hydrogen) atoms. The van der Waals surface area contributed by atoms with Gasteiger partial charge in [-0.1, -0.05) is 23.7 Å². The third kappa shape index (κ3) is 3.27. The Bertz CT molecular complexity index is 633. The van der Waals surface area contributed by atoms with Crippen LogP contribution < -0.4 is 5.32 Å². The minimum Gasteiger partial charge on any atom is -0.300 e. The molecule has 0 saturated heterocycles. The zero-order valence-corrected chi connectivity index (χ0v) is 13.0. The molecule has 102 valence electrons. The second-order valence-corrected chi connectivity index (χ2v) is 6.34. The fourth-order valence-corrected chi connectivity index (χ4v) is 3.42. The Morgan fingerprint density at radius 1 is 1.05 bits per heavy atom. The first kappa shape index (κ1) is 13.8. The van der Waals surface area contributed by atoms with E-state index in [-0.39, 0.29) is 6.04 Å². The average Bonchev–Trinajstić information content (AvgIpc) is 3.14. The van der Waals surface area contributed by atoms with Crippen molar-refractivity contribution in [1.29, 1.82) is 0 Å². The molecule has 0 saturated carbocycles. The normalized spacial score (nSPS) is 12.4. The molecule has 1 atom stereocenters. The fraction of sp³-hybridized carbons (Fsp3) is 0.133. The molecular weight excluding hydrogens is 308 g/mol. The van der Waals surface area contributed by atoms with E-state index in [0.29, 0.717) is 0 Å². The number of rotatable bonds is 5. The highest BCUT2D eigenvalue weighted by Gasteiger charge is 2.14. The predicted molar refractivity (Wildman–Crippen MR) is 86.6 cm³/mol. The van der Waals surface area contributed by atoms with Gasteiger partial charge in [-0.3, -0.25) is 0 Å². The number of nitrogens with one attached hydrogen (secondary N) is 1. The maximum Gasteiger partial charge on any atom is 0.0795 e. The summed E-state index contributed by atoms with van der Waals surface area (Å²) in [4.78, 5) is 4.31. The molecule has 1 aromatic carbocycles. The Labute approximate surface area is 131 Å². The van der Waals surface area contributed by atoms with Crippen LogP contribution in [-0.4, -0.2) is 4.98 Å². The topological polar surface area (TPSA) is 24.9 Å². The number of halogens is 1. The Hall–Kier alpha value is -1.20. The van der Waals surface area contributed by atoms with E-state index in [2.05, 4.69) is 44.6 Å². The van der Waals surface area contributed by atoms with Crippen LogP contribution in [0.1, 0.15) is 22.9 Å². The van der Waals surface area contributed by atoms with Gasteiger partial charge in [0, 0.05) is 16.9 Å². The van der Waals surface area contributed by atoms with Gasteiger partial charge in [-0.2, -0.15) is 11.3 Å². The molecular formula is C15H13ClN2S2. The van der Waals surface area contributed by atoms with E-state index < -0.39 is 0 Å². The third-order valence-corrected chi connectivity index (χ3v) is 4.64. The fourth-order valence-electron chi connectivity index (χ4n) is 2.05. The molecule has 0 aliphatic rings. The van der Waals surface area contributed by atoms with Gasteiger partial charge >= 0.3 is 0 Å². The van der Waals surface area contributed by atoms with Crippen LogP contribution in [0.15, 0.2) is 52.0 Å². The van der Waals surface area contributed by atoms with Crippen molar-refractivity contribution in [3.05, 3.63) is 73.8 Å². The van der Waals surface area contributed by atoms with Crippen molar-refractivity contribution in [3.63, 3.8) is 0 Å². The highest BCUT2D eigenvalue weighted by Crippen LogP contribution is 2.25. The first-order valence-electron chi connectivity index (χ1n) is 6.21. The summed E-state index contributed by atoms with van der Waals surface area (Å²) in [6, 6.07) is 10.3. The van der Waals surface area contributed by atoms with E-state index in [0.717, 1.165) is 17.3 Å². The van der Waals surface area contributed by atoms with E-state index in [4.69, 9.17) is 11.6 Å². The van der Waals surface area contributed by atoms with E-state index >= 15 is 0 Å². The zero-order valence-electron chi connectivity index (χ0n) is 10.6. The Morgan fingerprint density at radius 2 is 1.90 bits per heavy atom. The number of nitrogens with zero attached hydrogens (tertiary/aromatic N) is 1. The second kappa shape index (κ2) is 6.50. The van der Waals surface area contributed by atoms with Crippen LogP contribution in [0.3, 0.4) is 0 Å². The lowest BCUT2D eigenvalue weighted by molar-refractivity contribution is 0.600. The van der Waals surface area contributed by atoms with Crippen molar-refractivity contribution < 1.29 is 0 Å². The summed E-state index contributed by atoms with van der Waals surface area (Å²) in [5, 5.41) is 10.7. The van der Waals surface area contributed by atoms with Gasteiger partial charge in [0.25, 0.3) is 0 Å². The summed E-state index contributed by atoms with van der Waals surface area (Å²) in [6.45, 7) is 0.757. The molecule has 3 rings (SSSR count). The Morgan fingerprint density at radius 3 is 2.55 bits per heavy atom. The highest BCUT2D eigenvalue weighted by atomic mass is 35.5. The quantitative estimate of drug-likeness (QED) is 0.734. The molecule has 0 bridgehead atoms. The molecule has 5 heteroatoms. The largest absolute Gasteiger partial charge is 0.300 e. The van der Waals surface area contributed by atoms with Crippen molar-refractivity contribution >= 4 is 34.3 Å². The number of hydrogen-bond donors (Lipinski definition) is 1. The molecule has 2 aromatic heterocycles. The molecule has 2 nitrogen and oxygen atoms in total. The van der Waals surface area contributed by atoms with Crippen LogP contribution in [0, 0.1) is 0 Å². The monoisotopic (exact) mass is 320 g/mol. The SMILES string of the molecule is Clc1ccc(C(NCc2cscn2)c2ccsc2)cc1. The summed E-state index contributed by atoms with van der Waals surface area (Å²) in [5.41, 5.74) is 5.42. The van der Waals surface area contributed by atoms with Gasteiger partial charge in [-0.15, -0.1) is 11.3 Å². The lowest BCUT2D eigenvalue weighted by Crippen LogP contribution is -2.21. The van der Waals surface area contributed by atoms with Gasteiger partial charge in [-0.25, -0.2) is 4.98 Å². The number of thiazole rings is 1. The molecule has 0 aliphatic heterocycles. The summed E-state index contributed by atoms with van der Waals surface area (Å²) in [7, 11) is 0. The molecule has 1 N–H and O–H groups in total. The highest BCUT2D eigenvalue weighted by molar-refractivity contribution is 7.08. The van der Waals surface area contributed by atoms with E-state index in [9.17, 15) is 0 Å². The van der Waals surface area contributed by atoms with Gasteiger partial charge in [-0.05, 0) is 40.1 Å². The van der Waals surface area contributed by atoms with Crippen LogP contribution in [0.2, 0.25) is 5.02 Å². The predicted octanol–water partition coefficient (Wildman–Crippen LogP) is 4.74. The molecule has 1 unspecified atom stereocenters.